The van der Waals surface area contributed by atoms with E-state index in [1.807, 2.05) is 6.07 Å². The monoisotopic (exact) mass is 628 g/mol. The van der Waals surface area contributed by atoms with Crippen LogP contribution in [-0.4, -0.2) is 34.5 Å². The highest BCUT2D eigenvalue weighted by Crippen LogP contribution is 2.54. The Kier molecular flexibility index (Phi) is 7.01. The molecule has 3 heterocycles. The Labute approximate surface area is 252 Å². The van der Waals surface area contributed by atoms with Gasteiger partial charge in [0.05, 0.1) is 44.8 Å². The third kappa shape index (κ3) is 4.99. The number of nitrogens with one attached hydrogen (secondary N) is 4. The number of hydrogen-bond acceptors (Lipinski definition) is 8. The zero-order valence-electron chi connectivity index (χ0n) is 22.6. The minimum atomic E-state index is -4.49. The van der Waals surface area contributed by atoms with Gasteiger partial charge in [0.25, 0.3) is 0 Å². The highest BCUT2D eigenvalue weighted by molar-refractivity contribution is 6.36. The van der Waals surface area contributed by atoms with Gasteiger partial charge in [-0.1, -0.05) is 23.7 Å². The number of aromatic nitrogens is 2. The van der Waals surface area contributed by atoms with E-state index in [1.165, 1.54) is 42.7 Å². The van der Waals surface area contributed by atoms with Crippen molar-refractivity contribution in [2.45, 2.75) is 30.0 Å². The fourth-order valence-electron chi connectivity index (χ4n) is 5.13. The lowest BCUT2D eigenvalue weighted by Crippen LogP contribution is -2.53. The summed E-state index contributed by atoms with van der Waals surface area (Å²) in [7, 11) is 1.69. The molecule has 8 nitrogen and oxygen atoms in total. The van der Waals surface area contributed by atoms with Crippen LogP contribution in [0.4, 0.5) is 43.4 Å². The number of hydrogen-bond donors (Lipinski definition) is 4. The van der Waals surface area contributed by atoms with Crippen molar-refractivity contribution in [2.75, 3.05) is 10.6 Å². The zero-order chi connectivity index (χ0) is 31.4. The number of nitrogens with zero attached hydrogens (tertiary/aromatic N) is 4. The fraction of sp³-hybridized carbons (Fsp3) is 0.179. The molecule has 0 radical (unpaired) electrons. The second-order valence-corrected chi connectivity index (χ2v) is 11.0. The van der Waals surface area contributed by atoms with Gasteiger partial charge < -0.3 is 16.1 Å². The molecule has 1 fully saturated rings. The number of rotatable bonds is 7. The van der Waals surface area contributed by atoms with Crippen molar-refractivity contribution in [3.05, 3.63) is 100 Å². The molecule has 2 aromatic heterocycles. The Morgan fingerprint density at radius 1 is 1.02 bits per heavy atom. The molecule has 1 aliphatic heterocycles. The molecule has 2 aromatic carbocycles. The third-order valence-electron chi connectivity index (χ3n) is 7.75. The number of halogens is 7. The highest BCUT2D eigenvalue weighted by atomic mass is 35.5. The van der Waals surface area contributed by atoms with E-state index in [0.717, 1.165) is 17.3 Å². The van der Waals surface area contributed by atoms with Crippen LogP contribution in [0.3, 0.4) is 0 Å². The molecule has 44 heavy (non-hydrogen) atoms. The molecule has 224 valence electrons. The number of pyridine rings is 2. The molecule has 1 unspecified atom stereocenters. The molecule has 0 amide bonds. The molecule has 1 saturated carbocycles. The summed E-state index contributed by atoms with van der Waals surface area (Å²) in [6, 6.07) is 11.4. The van der Waals surface area contributed by atoms with E-state index in [1.54, 1.807) is 13.9 Å². The van der Waals surface area contributed by atoms with Gasteiger partial charge in [-0.15, -0.1) is 5.53 Å². The summed E-state index contributed by atoms with van der Waals surface area (Å²) >= 11 is 6.61. The van der Waals surface area contributed by atoms with E-state index in [2.05, 4.69) is 31.6 Å². The minimum absolute atomic E-state index is 0.0451. The van der Waals surface area contributed by atoms with Crippen LogP contribution in [0.25, 0.3) is 10.9 Å². The van der Waals surface area contributed by atoms with E-state index < -0.39 is 34.7 Å². The van der Waals surface area contributed by atoms with Crippen molar-refractivity contribution in [3.8, 4) is 6.07 Å². The van der Waals surface area contributed by atoms with Crippen LogP contribution in [0.2, 0.25) is 5.02 Å². The van der Waals surface area contributed by atoms with Crippen LogP contribution in [0, 0.1) is 28.9 Å². The number of fused-ring (bicyclic) bond motifs is 1. The van der Waals surface area contributed by atoms with Crippen LogP contribution in [0.15, 0.2) is 66.8 Å². The van der Waals surface area contributed by atoms with Crippen LogP contribution in [0.5, 0.6) is 0 Å². The van der Waals surface area contributed by atoms with Gasteiger partial charge in [0.2, 0.25) is 5.95 Å². The summed E-state index contributed by atoms with van der Waals surface area (Å²) in [5.74, 6) is -3.01. The van der Waals surface area contributed by atoms with E-state index in [9.17, 15) is 31.6 Å². The third-order valence-corrected chi connectivity index (χ3v) is 8.04. The summed E-state index contributed by atoms with van der Waals surface area (Å²) in [4.78, 5) is 7.63. The number of anilines is 3. The van der Waals surface area contributed by atoms with Gasteiger partial charge in [-0.25, -0.2) is 13.8 Å². The molecule has 4 N–H and O–H groups in total. The molecule has 1 atom stereocenters. The van der Waals surface area contributed by atoms with E-state index in [4.69, 9.17) is 11.6 Å². The Balaban J connectivity index is 1.45. The maximum absolute atomic E-state index is 13.9. The predicted octanol–water partition coefficient (Wildman–Crippen LogP) is 5.47. The second-order valence-electron chi connectivity index (χ2n) is 10.6. The van der Waals surface area contributed by atoms with Crippen molar-refractivity contribution in [1.29, 1.82) is 5.26 Å². The van der Waals surface area contributed by atoms with Gasteiger partial charge in [0.15, 0.2) is 11.4 Å². The molecule has 16 heteroatoms. The van der Waals surface area contributed by atoms with Gasteiger partial charge in [-0.3, -0.25) is 9.99 Å². The molecular weight excluding hydrogens is 609 g/mol. The maximum atomic E-state index is 13.9. The first-order chi connectivity index (χ1) is 20.8. The predicted molar refractivity (Wildman–Crippen MR) is 153 cm³/mol. The molecule has 0 spiro atoms. The quantitative estimate of drug-likeness (QED) is 0.121. The van der Waals surface area contributed by atoms with Gasteiger partial charge >= 0.3 is 6.18 Å². The standard InChI is InChI=1S/C28H20BClF6N8/c29-27(15-1-3-16(31)4-2-15,22-13-44(43-42-22)26(5-6-26)28(34,35)36)41-17-7-19-23(40-18-9-21(32)25(33)39-12-18)14(10-37)11-38-24(19)20(30)8-17/h1-4,7-9,11-13,41-43H,5-6,29H2,(H,38,40). The Bertz CT molecular complexity index is 1860. The van der Waals surface area contributed by atoms with Crippen molar-refractivity contribution < 1.29 is 26.3 Å². The lowest BCUT2D eigenvalue weighted by atomic mass is 9.69. The lowest BCUT2D eigenvalue weighted by molar-refractivity contribution is -0.195. The molecule has 2 aliphatic rings. The van der Waals surface area contributed by atoms with Crippen molar-refractivity contribution >= 4 is 47.4 Å². The molecule has 0 bridgehead atoms. The summed E-state index contributed by atoms with van der Waals surface area (Å²) in [6.45, 7) is 0. The first kappa shape index (κ1) is 29.4. The summed E-state index contributed by atoms with van der Waals surface area (Å²) < 4.78 is 82.9. The van der Waals surface area contributed by atoms with Crippen LogP contribution >= 0.6 is 11.6 Å². The Hall–Kier alpha value is -4.68. The number of nitriles is 1. The summed E-state index contributed by atoms with van der Waals surface area (Å²) in [5, 5.41) is 17.4. The molecule has 0 saturated heterocycles. The van der Waals surface area contributed by atoms with Crippen molar-refractivity contribution in [3.63, 3.8) is 0 Å². The minimum Gasteiger partial charge on any atom is -0.378 e. The van der Waals surface area contributed by atoms with Gasteiger partial charge in [0, 0.05) is 29.5 Å². The summed E-state index contributed by atoms with van der Waals surface area (Å²) in [5.41, 5.74) is 3.74. The van der Waals surface area contributed by atoms with Crippen LogP contribution in [0.1, 0.15) is 24.0 Å². The van der Waals surface area contributed by atoms with Crippen LogP contribution < -0.4 is 21.6 Å². The molecular formula is C28H20BClF6N8. The average molecular weight is 629 g/mol. The largest absolute Gasteiger partial charge is 0.413 e. The normalized spacial score (nSPS) is 17.0. The smallest absolute Gasteiger partial charge is 0.378 e. The van der Waals surface area contributed by atoms with E-state index in [-0.39, 0.29) is 46.0 Å². The van der Waals surface area contributed by atoms with Crippen LogP contribution in [-0.2, 0) is 5.44 Å². The SMILES string of the molecule is BC(Nc1cc(Cl)c2ncc(C#N)c(Nc3cnc(F)c(F)c3)c2c1)(C1=CN(C2(C(F)(F)F)CC2)NN1)c1ccc(F)cc1. The fourth-order valence-corrected chi connectivity index (χ4v) is 5.40. The maximum Gasteiger partial charge on any atom is 0.413 e. The molecule has 6 rings (SSSR count). The van der Waals surface area contributed by atoms with E-state index in [0.29, 0.717) is 16.6 Å². The average Bonchev–Trinajstić information content (AvgIpc) is 3.65. The number of alkyl halides is 3. The topological polar surface area (TPSA) is 101 Å². The Morgan fingerprint density at radius 3 is 2.39 bits per heavy atom. The van der Waals surface area contributed by atoms with E-state index >= 15 is 0 Å². The molecule has 4 aromatic rings. The highest BCUT2D eigenvalue weighted by Gasteiger charge is 2.67. The number of benzene rings is 2. The van der Waals surface area contributed by atoms with Gasteiger partial charge in [0.1, 0.15) is 19.7 Å². The molecule has 1 aliphatic carbocycles. The lowest BCUT2D eigenvalue weighted by Gasteiger charge is -2.34. The first-order valence-corrected chi connectivity index (χ1v) is 13.5. The zero-order valence-corrected chi connectivity index (χ0v) is 23.4. The first-order valence-electron chi connectivity index (χ1n) is 13.1. The second kappa shape index (κ2) is 10.5. The van der Waals surface area contributed by atoms with Gasteiger partial charge in [-0.2, -0.15) is 22.8 Å². The summed E-state index contributed by atoms with van der Waals surface area (Å²) in [6.07, 6.45) is -1.04. The van der Waals surface area contributed by atoms with Crippen molar-refractivity contribution in [1.82, 2.24) is 25.9 Å². The van der Waals surface area contributed by atoms with Crippen molar-refractivity contribution in [2.24, 2.45) is 0 Å². The Morgan fingerprint density at radius 2 is 1.75 bits per heavy atom. The van der Waals surface area contributed by atoms with Gasteiger partial charge in [-0.05, 0) is 42.7 Å². The number of hydrazine groups is 2.